The van der Waals surface area contributed by atoms with Gasteiger partial charge in [0, 0.05) is 17.1 Å². The van der Waals surface area contributed by atoms with Crippen molar-refractivity contribution in [2.75, 3.05) is 0 Å². The number of rotatable bonds is 3. The molecule has 0 aliphatic rings. The molecule has 3 nitrogen and oxygen atoms in total. The summed E-state index contributed by atoms with van der Waals surface area (Å²) in [6.45, 7) is 3.25. The normalized spacial score (nSPS) is 12.3. The van der Waals surface area contributed by atoms with Gasteiger partial charge in [-0.1, -0.05) is 24.3 Å². The van der Waals surface area contributed by atoms with Crippen molar-refractivity contribution in [1.82, 2.24) is 4.98 Å². The second kappa shape index (κ2) is 4.09. The van der Waals surface area contributed by atoms with Gasteiger partial charge in [-0.15, -0.1) is 0 Å². The molecular weight excluding hydrogens is 190 g/mol. The van der Waals surface area contributed by atoms with Crippen LogP contribution in [0.4, 0.5) is 0 Å². The average molecular weight is 200 g/mol. The molecule has 2 aromatic rings. The number of hydrogen-bond acceptors (Lipinski definition) is 3. The largest absolute Gasteiger partial charge is 0.449 e. The van der Waals surface area contributed by atoms with E-state index in [4.69, 9.17) is 4.74 Å². The Morgan fingerprint density at radius 1 is 1.33 bits per heavy atom. The summed E-state index contributed by atoms with van der Waals surface area (Å²) in [5, 5.41) is 1.04. The average Bonchev–Trinajstić information content (AvgIpc) is 2.28. The van der Waals surface area contributed by atoms with Gasteiger partial charge in [0.25, 0.3) is 0 Å². The minimum atomic E-state index is -0.318. The fourth-order valence-electron chi connectivity index (χ4n) is 1.59. The van der Waals surface area contributed by atoms with Gasteiger partial charge in [0.15, 0.2) is 0 Å². The summed E-state index contributed by atoms with van der Waals surface area (Å²) in [7, 11) is 0. The van der Waals surface area contributed by atoms with Crippen LogP contribution in [0.2, 0.25) is 0 Å². The molecule has 0 amide bonds. The van der Waals surface area contributed by atoms with E-state index in [1.54, 1.807) is 13.1 Å². The standard InChI is InChI=1S/C12H10NO2/c1-9(15-8-14)11-6-2-4-10-5-3-7-13-12(10)11/h2-7,9H,1H3. The highest BCUT2D eigenvalue weighted by atomic mass is 16.5. The van der Waals surface area contributed by atoms with Crippen molar-refractivity contribution in [2.45, 2.75) is 13.0 Å². The van der Waals surface area contributed by atoms with E-state index in [2.05, 4.69) is 4.98 Å². The van der Waals surface area contributed by atoms with Gasteiger partial charge in [0.1, 0.15) is 6.10 Å². The molecular formula is C12H10NO2. The van der Waals surface area contributed by atoms with Gasteiger partial charge >= 0.3 is 6.47 Å². The number of pyridine rings is 1. The van der Waals surface area contributed by atoms with Crippen LogP contribution < -0.4 is 0 Å². The Hall–Kier alpha value is -1.90. The van der Waals surface area contributed by atoms with Crippen LogP contribution in [0.1, 0.15) is 18.6 Å². The summed E-state index contributed by atoms with van der Waals surface area (Å²) in [5.41, 5.74) is 1.76. The first-order valence-corrected chi connectivity index (χ1v) is 4.69. The van der Waals surface area contributed by atoms with Crippen LogP contribution in [0.3, 0.4) is 0 Å². The third-order valence-corrected chi connectivity index (χ3v) is 2.33. The Kier molecular flexibility index (Phi) is 2.63. The second-order valence-electron chi connectivity index (χ2n) is 3.27. The third kappa shape index (κ3) is 1.81. The molecule has 0 spiro atoms. The topological polar surface area (TPSA) is 39.2 Å². The lowest BCUT2D eigenvalue weighted by Crippen LogP contribution is -1.99. The van der Waals surface area contributed by atoms with E-state index in [0.717, 1.165) is 16.5 Å². The number of benzene rings is 1. The lowest BCUT2D eigenvalue weighted by atomic mass is 10.1. The highest BCUT2D eigenvalue weighted by molar-refractivity contribution is 5.81. The van der Waals surface area contributed by atoms with E-state index in [9.17, 15) is 4.79 Å². The van der Waals surface area contributed by atoms with Crippen molar-refractivity contribution in [3.63, 3.8) is 0 Å². The van der Waals surface area contributed by atoms with Gasteiger partial charge < -0.3 is 4.74 Å². The van der Waals surface area contributed by atoms with E-state index in [-0.39, 0.29) is 6.10 Å². The zero-order chi connectivity index (χ0) is 10.7. The van der Waals surface area contributed by atoms with Crippen molar-refractivity contribution in [1.29, 1.82) is 0 Å². The Morgan fingerprint density at radius 2 is 2.13 bits per heavy atom. The Labute approximate surface area is 87.7 Å². The maximum atomic E-state index is 10.2. The second-order valence-corrected chi connectivity index (χ2v) is 3.27. The molecule has 1 radical (unpaired) electrons. The molecule has 1 unspecified atom stereocenters. The highest BCUT2D eigenvalue weighted by Gasteiger charge is 2.10. The predicted octanol–water partition coefficient (Wildman–Crippen LogP) is 2.38. The number of hydrogen-bond donors (Lipinski definition) is 0. The molecule has 75 valence electrons. The van der Waals surface area contributed by atoms with Crippen LogP contribution >= 0.6 is 0 Å². The molecule has 1 aromatic carbocycles. The molecule has 0 bridgehead atoms. The Morgan fingerprint density at radius 3 is 2.93 bits per heavy atom. The summed E-state index contributed by atoms with van der Waals surface area (Å²) in [6.07, 6.45) is 1.41. The number of fused-ring (bicyclic) bond motifs is 1. The Balaban J connectivity index is 2.55. The number of ether oxygens (including phenoxy) is 1. The number of aromatic nitrogens is 1. The van der Waals surface area contributed by atoms with Crippen LogP contribution in [0.5, 0.6) is 0 Å². The summed E-state index contributed by atoms with van der Waals surface area (Å²) < 4.78 is 4.79. The summed E-state index contributed by atoms with van der Waals surface area (Å²) >= 11 is 0. The van der Waals surface area contributed by atoms with Gasteiger partial charge in [-0.05, 0) is 13.0 Å². The first-order chi connectivity index (χ1) is 7.33. The molecule has 0 fully saturated rings. The van der Waals surface area contributed by atoms with Gasteiger partial charge in [-0.3, -0.25) is 4.98 Å². The van der Waals surface area contributed by atoms with Gasteiger partial charge in [-0.2, -0.15) is 0 Å². The number of nitrogens with zero attached hydrogens (tertiary/aromatic N) is 1. The minimum Gasteiger partial charge on any atom is -0.449 e. The first kappa shape index (κ1) is 9.65. The molecule has 2 rings (SSSR count). The molecule has 0 saturated carbocycles. The Bertz CT molecular complexity index is 477. The lowest BCUT2D eigenvalue weighted by molar-refractivity contribution is 0.199. The summed E-state index contributed by atoms with van der Waals surface area (Å²) in [5.74, 6) is 0. The van der Waals surface area contributed by atoms with Crippen molar-refractivity contribution >= 4 is 17.4 Å². The SMILES string of the molecule is CC(O[C]=O)c1cccc2cccnc12. The van der Waals surface area contributed by atoms with E-state index in [1.165, 1.54) is 6.47 Å². The van der Waals surface area contributed by atoms with Crippen LogP contribution in [0.25, 0.3) is 10.9 Å². The fourth-order valence-corrected chi connectivity index (χ4v) is 1.59. The van der Waals surface area contributed by atoms with Crippen LogP contribution in [-0.2, 0) is 9.53 Å². The van der Waals surface area contributed by atoms with E-state index < -0.39 is 0 Å². The molecule has 1 aromatic heterocycles. The monoisotopic (exact) mass is 200 g/mol. The van der Waals surface area contributed by atoms with Crippen molar-refractivity contribution < 1.29 is 9.53 Å². The minimum absolute atomic E-state index is 0.318. The lowest BCUT2D eigenvalue weighted by Gasteiger charge is -2.10. The van der Waals surface area contributed by atoms with Gasteiger partial charge in [0.05, 0.1) is 5.52 Å². The van der Waals surface area contributed by atoms with E-state index in [1.807, 2.05) is 30.3 Å². The third-order valence-electron chi connectivity index (χ3n) is 2.33. The molecule has 0 aliphatic heterocycles. The van der Waals surface area contributed by atoms with Gasteiger partial charge in [-0.25, -0.2) is 4.79 Å². The zero-order valence-corrected chi connectivity index (χ0v) is 8.31. The number of carbonyl (C=O) groups excluding carboxylic acids is 1. The number of para-hydroxylation sites is 1. The van der Waals surface area contributed by atoms with Gasteiger partial charge in [0.2, 0.25) is 0 Å². The van der Waals surface area contributed by atoms with Crippen molar-refractivity contribution in [2.24, 2.45) is 0 Å². The predicted molar refractivity (Wildman–Crippen MR) is 56.9 cm³/mol. The maximum absolute atomic E-state index is 10.2. The molecule has 1 atom stereocenters. The molecule has 1 heterocycles. The molecule has 0 aliphatic carbocycles. The molecule has 0 N–H and O–H groups in total. The fraction of sp³-hybridized carbons (Fsp3) is 0.167. The van der Waals surface area contributed by atoms with E-state index in [0.29, 0.717) is 0 Å². The van der Waals surface area contributed by atoms with Crippen LogP contribution in [0, 0.1) is 0 Å². The van der Waals surface area contributed by atoms with Crippen molar-refractivity contribution in [3.8, 4) is 0 Å². The summed E-state index contributed by atoms with van der Waals surface area (Å²) in [6, 6.07) is 9.65. The smallest absolute Gasteiger partial charge is 0.418 e. The van der Waals surface area contributed by atoms with E-state index >= 15 is 0 Å². The van der Waals surface area contributed by atoms with Crippen LogP contribution in [-0.4, -0.2) is 11.5 Å². The highest BCUT2D eigenvalue weighted by Crippen LogP contribution is 2.23. The summed E-state index contributed by atoms with van der Waals surface area (Å²) in [4.78, 5) is 14.4. The first-order valence-electron chi connectivity index (χ1n) is 4.69. The van der Waals surface area contributed by atoms with Crippen LogP contribution in [0.15, 0.2) is 36.5 Å². The maximum Gasteiger partial charge on any atom is 0.418 e. The van der Waals surface area contributed by atoms with Crippen molar-refractivity contribution in [3.05, 3.63) is 42.1 Å². The quantitative estimate of drug-likeness (QED) is 0.763. The molecule has 15 heavy (non-hydrogen) atoms. The zero-order valence-electron chi connectivity index (χ0n) is 8.31. The molecule has 3 heteroatoms. The molecule has 0 saturated heterocycles.